The second-order valence-electron chi connectivity index (χ2n) is 4.85. The Morgan fingerprint density at radius 3 is 2.57 bits per heavy atom. The minimum Gasteiger partial charge on any atom is -0.379 e. The van der Waals surface area contributed by atoms with E-state index in [1.54, 1.807) is 4.90 Å². The van der Waals surface area contributed by atoms with Crippen LogP contribution in [0.4, 0.5) is 5.69 Å². The number of ether oxygens (including phenoxy) is 1. The number of sulfone groups is 1. The molecule has 112 valence electrons. The first-order valence-electron chi connectivity index (χ1n) is 6.31. The number of fused-ring (bicyclic) bond motifs is 1. The van der Waals surface area contributed by atoms with Crippen LogP contribution < -0.4 is 0 Å². The first-order valence-corrected chi connectivity index (χ1v) is 7.86. The summed E-state index contributed by atoms with van der Waals surface area (Å²) in [5, 5.41) is 9.48. The summed E-state index contributed by atoms with van der Waals surface area (Å²) in [7, 11) is -3.84. The summed E-state index contributed by atoms with van der Waals surface area (Å²) in [4.78, 5) is 23.9. The quantitative estimate of drug-likeness (QED) is 0.568. The zero-order chi connectivity index (χ0) is 15.2. The van der Waals surface area contributed by atoms with E-state index in [4.69, 9.17) is 4.74 Å². The maximum Gasteiger partial charge on any atom is 0.270 e. The number of nitro benzene ring substituents is 1. The Hall–Kier alpha value is -1.84. The molecule has 1 aromatic rings. The van der Waals surface area contributed by atoms with Gasteiger partial charge >= 0.3 is 0 Å². The van der Waals surface area contributed by atoms with E-state index in [1.165, 1.54) is 0 Å². The zero-order valence-corrected chi connectivity index (χ0v) is 11.7. The number of rotatable bonds is 2. The van der Waals surface area contributed by atoms with Gasteiger partial charge in [0.25, 0.3) is 5.69 Å². The SMILES string of the molecule is O=C1c2cc([N+](=O)[O-])ccc2S(=O)(=O)C1N1CCOCC1. The number of morpholine rings is 1. The van der Waals surface area contributed by atoms with Crippen LogP contribution in [0.25, 0.3) is 0 Å². The molecule has 1 saturated heterocycles. The van der Waals surface area contributed by atoms with Crippen molar-refractivity contribution in [3.8, 4) is 0 Å². The molecule has 21 heavy (non-hydrogen) atoms. The molecule has 1 fully saturated rings. The van der Waals surface area contributed by atoms with Crippen LogP contribution in [0.15, 0.2) is 23.1 Å². The van der Waals surface area contributed by atoms with Crippen molar-refractivity contribution in [2.75, 3.05) is 26.3 Å². The van der Waals surface area contributed by atoms with Crippen molar-refractivity contribution < 1.29 is 22.9 Å². The second-order valence-corrected chi connectivity index (χ2v) is 6.82. The average Bonchev–Trinajstić information content (AvgIpc) is 2.66. The summed E-state index contributed by atoms with van der Waals surface area (Å²) in [5.41, 5.74) is -0.388. The van der Waals surface area contributed by atoms with Gasteiger partial charge in [0, 0.05) is 30.8 Å². The Bertz CT molecular complexity index is 723. The third-order valence-electron chi connectivity index (χ3n) is 3.64. The molecule has 2 aliphatic rings. The summed E-state index contributed by atoms with van der Waals surface area (Å²) >= 11 is 0. The smallest absolute Gasteiger partial charge is 0.270 e. The van der Waals surface area contributed by atoms with E-state index in [9.17, 15) is 23.3 Å². The number of carbonyl (C=O) groups is 1. The lowest BCUT2D eigenvalue weighted by molar-refractivity contribution is -0.384. The molecule has 0 spiro atoms. The van der Waals surface area contributed by atoms with Crippen LogP contribution in [0.2, 0.25) is 0 Å². The molecule has 9 heteroatoms. The van der Waals surface area contributed by atoms with Crippen LogP contribution in [0.3, 0.4) is 0 Å². The largest absolute Gasteiger partial charge is 0.379 e. The van der Waals surface area contributed by atoms with E-state index in [-0.39, 0.29) is 16.1 Å². The fourth-order valence-corrected chi connectivity index (χ4v) is 4.62. The van der Waals surface area contributed by atoms with E-state index < -0.39 is 25.9 Å². The number of non-ortho nitro benzene ring substituents is 1. The predicted octanol–water partition coefficient (Wildman–Crippen LogP) is 0.223. The third kappa shape index (κ3) is 2.13. The molecule has 2 heterocycles. The first-order chi connectivity index (χ1) is 9.93. The third-order valence-corrected chi connectivity index (χ3v) is 5.71. The first kappa shape index (κ1) is 14.1. The van der Waals surface area contributed by atoms with Crippen LogP contribution in [0.5, 0.6) is 0 Å². The van der Waals surface area contributed by atoms with E-state index in [0.717, 1.165) is 18.2 Å². The number of nitro groups is 1. The predicted molar refractivity (Wildman–Crippen MR) is 70.8 cm³/mol. The minimum absolute atomic E-state index is 0.0966. The minimum atomic E-state index is -3.84. The van der Waals surface area contributed by atoms with E-state index in [1.807, 2.05) is 0 Å². The molecule has 0 saturated carbocycles. The van der Waals surface area contributed by atoms with Gasteiger partial charge in [0.15, 0.2) is 11.2 Å². The Morgan fingerprint density at radius 2 is 1.95 bits per heavy atom. The molecule has 3 rings (SSSR count). The van der Waals surface area contributed by atoms with Gasteiger partial charge in [-0.2, -0.15) is 0 Å². The normalized spacial score (nSPS) is 24.8. The number of hydrogen-bond acceptors (Lipinski definition) is 7. The van der Waals surface area contributed by atoms with Crippen molar-refractivity contribution in [1.82, 2.24) is 4.90 Å². The fourth-order valence-electron chi connectivity index (χ4n) is 2.64. The molecule has 0 aliphatic carbocycles. The average molecular weight is 312 g/mol. The number of Topliss-reactive ketones (excluding diaryl/α,β-unsaturated/α-hetero) is 1. The van der Waals surface area contributed by atoms with E-state index in [2.05, 4.69) is 0 Å². The number of nitrogens with zero attached hydrogens (tertiary/aromatic N) is 2. The van der Waals surface area contributed by atoms with Crippen molar-refractivity contribution in [2.45, 2.75) is 10.3 Å². The van der Waals surface area contributed by atoms with Gasteiger partial charge in [-0.05, 0) is 6.07 Å². The van der Waals surface area contributed by atoms with Crippen molar-refractivity contribution in [3.63, 3.8) is 0 Å². The molecular formula is C12H12N2O6S. The van der Waals surface area contributed by atoms with Crippen LogP contribution in [0.1, 0.15) is 10.4 Å². The van der Waals surface area contributed by atoms with Crippen molar-refractivity contribution >= 4 is 21.3 Å². The molecule has 8 nitrogen and oxygen atoms in total. The number of hydrogen-bond donors (Lipinski definition) is 0. The monoisotopic (exact) mass is 312 g/mol. The van der Waals surface area contributed by atoms with Crippen LogP contribution in [0, 0.1) is 10.1 Å². The lowest BCUT2D eigenvalue weighted by atomic mass is 10.1. The maximum atomic E-state index is 12.5. The highest BCUT2D eigenvalue weighted by Crippen LogP contribution is 2.35. The van der Waals surface area contributed by atoms with Crippen LogP contribution in [-0.2, 0) is 14.6 Å². The van der Waals surface area contributed by atoms with Gasteiger partial charge in [-0.3, -0.25) is 19.8 Å². The lowest BCUT2D eigenvalue weighted by Gasteiger charge is -2.30. The Balaban J connectivity index is 2.07. The highest BCUT2D eigenvalue weighted by Gasteiger charge is 2.48. The molecule has 0 N–H and O–H groups in total. The highest BCUT2D eigenvalue weighted by molar-refractivity contribution is 7.93. The molecule has 2 aliphatic heterocycles. The standard InChI is InChI=1S/C12H12N2O6S/c15-11-9-7-8(14(16)17)1-2-10(9)21(18,19)12(11)13-3-5-20-6-4-13/h1-2,7,12H,3-6H2. The molecule has 1 aromatic carbocycles. The topological polar surface area (TPSA) is 107 Å². The summed E-state index contributed by atoms with van der Waals surface area (Å²) in [6.45, 7) is 1.39. The van der Waals surface area contributed by atoms with Crippen molar-refractivity contribution in [3.05, 3.63) is 33.9 Å². The van der Waals surface area contributed by atoms with Gasteiger partial charge in [-0.25, -0.2) is 8.42 Å². The molecule has 0 amide bonds. The fraction of sp³-hybridized carbons (Fsp3) is 0.417. The summed E-state index contributed by atoms with van der Waals surface area (Å²) in [5.74, 6) is -0.601. The van der Waals surface area contributed by atoms with Gasteiger partial charge in [0.2, 0.25) is 9.84 Å². The van der Waals surface area contributed by atoms with Gasteiger partial charge < -0.3 is 4.74 Å². The summed E-state index contributed by atoms with van der Waals surface area (Å²) in [6, 6.07) is 3.28. The lowest BCUT2D eigenvalue weighted by Crippen LogP contribution is -2.48. The van der Waals surface area contributed by atoms with Gasteiger partial charge in [-0.1, -0.05) is 0 Å². The summed E-state index contributed by atoms with van der Waals surface area (Å²) in [6.07, 6.45) is 0. The van der Waals surface area contributed by atoms with Crippen molar-refractivity contribution in [2.24, 2.45) is 0 Å². The highest BCUT2D eigenvalue weighted by atomic mass is 32.2. The molecule has 0 bridgehead atoms. The van der Waals surface area contributed by atoms with Gasteiger partial charge in [0.1, 0.15) is 0 Å². The number of ketones is 1. The van der Waals surface area contributed by atoms with Gasteiger partial charge in [-0.15, -0.1) is 0 Å². The number of carbonyl (C=O) groups excluding carboxylic acids is 1. The van der Waals surface area contributed by atoms with Crippen molar-refractivity contribution in [1.29, 1.82) is 0 Å². The molecule has 0 aromatic heterocycles. The maximum absolute atomic E-state index is 12.5. The molecule has 1 atom stereocenters. The van der Waals surface area contributed by atoms with Gasteiger partial charge in [0.05, 0.1) is 23.0 Å². The molecule has 1 unspecified atom stereocenters. The van der Waals surface area contributed by atoms with E-state index in [0.29, 0.717) is 26.3 Å². The van der Waals surface area contributed by atoms with E-state index >= 15 is 0 Å². The second kappa shape index (κ2) is 4.86. The number of benzene rings is 1. The Morgan fingerprint density at radius 1 is 1.29 bits per heavy atom. The zero-order valence-electron chi connectivity index (χ0n) is 10.9. The molecular weight excluding hydrogens is 300 g/mol. The van der Waals surface area contributed by atoms with Crippen LogP contribution in [-0.4, -0.2) is 55.7 Å². The summed E-state index contributed by atoms with van der Waals surface area (Å²) < 4.78 is 30.2. The van der Waals surface area contributed by atoms with Crippen LogP contribution >= 0.6 is 0 Å². The molecule has 0 radical (unpaired) electrons. The Kier molecular flexibility index (Phi) is 3.27. The Labute approximate surface area is 120 Å².